The van der Waals surface area contributed by atoms with Gasteiger partial charge in [-0.15, -0.1) is 0 Å². The van der Waals surface area contributed by atoms with Crippen molar-refractivity contribution in [2.75, 3.05) is 0 Å². The number of hydrogen-bond donors (Lipinski definition) is 0. The molecule has 2 aromatic carbocycles. The summed E-state index contributed by atoms with van der Waals surface area (Å²) in [6.07, 6.45) is 5.57. The van der Waals surface area contributed by atoms with Crippen molar-refractivity contribution < 1.29 is 0 Å². The van der Waals surface area contributed by atoms with Crippen molar-refractivity contribution in [3.05, 3.63) is 52.6 Å². The Hall–Kier alpha value is -1.56. The van der Waals surface area contributed by atoms with Crippen LogP contribution in [0.15, 0.2) is 30.3 Å². The van der Waals surface area contributed by atoms with E-state index in [4.69, 9.17) is 0 Å². The normalized spacial score (nSPS) is 13.5. The van der Waals surface area contributed by atoms with Crippen LogP contribution in [0.5, 0.6) is 0 Å². The van der Waals surface area contributed by atoms with E-state index < -0.39 is 0 Å². The Kier molecular flexibility index (Phi) is 1.72. The first-order valence-electron chi connectivity index (χ1n) is 5.46. The highest BCUT2D eigenvalue weighted by Gasteiger charge is 2.10. The molecule has 0 nitrogen and oxygen atoms in total. The van der Waals surface area contributed by atoms with Crippen molar-refractivity contribution in [1.29, 1.82) is 0 Å². The first kappa shape index (κ1) is 8.72. The van der Waals surface area contributed by atoms with Gasteiger partial charge in [-0.05, 0) is 53.3 Å². The molecule has 0 amide bonds. The van der Waals surface area contributed by atoms with Crippen LogP contribution in [0.1, 0.15) is 22.3 Å². The lowest BCUT2D eigenvalue weighted by molar-refractivity contribution is 1.25. The number of allylic oxidation sites excluding steroid dienone is 1. The van der Waals surface area contributed by atoms with Crippen LogP contribution in [0, 0.1) is 13.8 Å². The molecule has 0 heteroatoms. The average Bonchev–Trinajstić information content (AvgIpc) is 2.26. The molecule has 0 aromatic heterocycles. The Morgan fingerprint density at radius 3 is 2.87 bits per heavy atom. The molecule has 0 N–H and O–H groups in total. The summed E-state index contributed by atoms with van der Waals surface area (Å²) in [6.45, 7) is 4.42. The summed E-state index contributed by atoms with van der Waals surface area (Å²) in [6, 6.07) is 8.94. The summed E-state index contributed by atoms with van der Waals surface area (Å²) >= 11 is 0. The lowest BCUT2D eigenvalue weighted by Crippen LogP contribution is -1.96. The third-order valence-electron chi connectivity index (χ3n) is 3.44. The molecule has 0 fully saturated rings. The zero-order valence-electron chi connectivity index (χ0n) is 9.17. The second-order valence-corrected chi connectivity index (χ2v) is 4.35. The van der Waals surface area contributed by atoms with Crippen molar-refractivity contribution >= 4 is 16.8 Å². The second kappa shape index (κ2) is 2.96. The summed E-state index contributed by atoms with van der Waals surface area (Å²) in [4.78, 5) is 0. The van der Waals surface area contributed by atoms with Crippen LogP contribution < -0.4 is 0 Å². The molecule has 0 spiro atoms. The highest BCUT2D eigenvalue weighted by Crippen LogP contribution is 2.32. The zero-order valence-corrected chi connectivity index (χ0v) is 9.17. The summed E-state index contributed by atoms with van der Waals surface area (Å²) in [5, 5.41) is 2.88. The Morgan fingerprint density at radius 2 is 2.00 bits per heavy atom. The summed E-state index contributed by atoms with van der Waals surface area (Å²) in [5.74, 6) is 0. The molecule has 1 aliphatic carbocycles. The van der Waals surface area contributed by atoms with Gasteiger partial charge in [0, 0.05) is 0 Å². The molecule has 0 heterocycles. The van der Waals surface area contributed by atoms with Crippen molar-refractivity contribution in [3.8, 4) is 0 Å². The van der Waals surface area contributed by atoms with Gasteiger partial charge in [-0.25, -0.2) is 0 Å². The van der Waals surface area contributed by atoms with E-state index in [2.05, 4.69) is 50.3 Å². The van der Waals surface area contributed by atoms with Gasteiger partial charge in [0.1, 0.15) is 0 Å². The van der Waals surface area contributed by atoms with Crippen LogP contribution in [0.2, 0.25) is 0 Å². The van der Waals surface area contributed by atoms with E-state index in [-0.39, 0.29) is 0 Å². The van der Waals surface area contributed by atoms with Crippen LogP contribution in [0.25, 0.3) is 16.8 Å². The maximum Gasteiger partial charge on any atom is -0.00734 e. The molecule has 0 radical (unpaired) electrons. The first-order valence-corrected chi connectivity index (χ1v) is 5.46. The van der Waals surface area contributed by atoms with Gasteiger partial charge in [-0.2, -0.15) is 0 Å². The Bertz CT molecular complexity index is 574. The minimum atomic E-state index is 1.08. The van der Waals surface area contributed by atoms with Crippen LogP contribution in [-0.2, 0) is 6.42 Å². The monoisotopic (exact) mass is 194 g/mol. The summed E-state index contributed by atoms with van der Waals surface area (Å²) in [5.41, 5.74) is 5.68. The van der Waals surface area contributed by atoms with E-state index in [1.807, 2.05) is 0 Å². The van der Waals surface area contributed by atoms with E-state index in [1.54, 1.807) is 0 Å². The Labute approximate surface area is 90.2 Å². The molecule has 0 aliphatic heterocycles. The Morgan fingerprint density at radius 1 is 1.13 bits per heavy atom. The highest BCUT2D eigenvalue weighted by molar-refractivity contribution is 5.97. The van der Waals surface area contributed by atoms with Crippen molar-refractivity contribution in [1.82, 2.24) is 0 Å². The van der Waals surface area contributed by atoms with Gasteiger partial charge < -0.3 is 0 Å². The van der Waals surface area contributed by atoms with E-state index >= 15 is 0 Å². The van der Waals surface area contributed by atoms with Gasteiger partial charge in [-0.3, -0.25) is 0 Å². The first-order chi connectivity index (χ1) is 7.27. The maximum atomic E-state index is 2.34. The number of rotatable bonds is 0. The van der Waals surface area contributed by atoms with Crippen molar-refractivity contribution in [3.63, 3.8) is 0 Å². The largest absolute Gasteiger partial charge is 0.0795 e. The zero-order chi connectivity index (χ0) is 10.4. The number of aryl methyl sites for hydroxylation is 2. The fraction of sp³-hybridized carbons (Fsp3) is 0.200. The van der Waals surface area contributed by atoms with E-state index in [0.717, 1.165) is 6.42 Å². The quantitative estimate of drug-likeness (QED) is 0.594. The van der Waals surface area contributed by atoms with Gasteiger partial charge in [0.25, 0.3) is 0 Å². The van der Waals surface area contributed by atoms with E-state index in [0.29, 0.717) is 0 Å². The molecule has 0 unspecified atom stereocenters. The molecule has 0 atom stereocenters. The molecule has 3 rings (SSSR count). The number of hydrogen-bond acceptors (Lipinski definition) is 0. The topological polar surface area (TPSA) is 0 Å². The van der Waals surface area contributed by atoms with Crippen LogP contribution in [-0.4, -0.2) is 0 Å². The smallest absolute Gasteiger partial charge is 0.00734 e. The molecule has 0 saturated carbocycles. The van der Waals surface area contributed by atoms with Crippen molar-refractivity contribution in [2.45, 2.75) is 20.3 Å². The standard InChI is InChI=1S/C15H14/c1-10-9-13-7-3-5-12-6-4-8-14(11(10)2)15(12)13/h3-6,8-9H,7H2,1-2H3. The third kappa shape index (κ3) is 1.14. The molecule has 0 bridgehead atoms. The van der Waals surface area contributed by atoms with Gasteiger partial charge in [-0.1, -0.05) is 36.4 Å². The Balaban J connectivity index is 2.56. The molecule has 0 saturated heterocycles. The van der Waals surface area contributed by atoms with Gasteiger partial charge in [0.15, 0.2) is 0 Å². The fourth-order valence-electron chi connectivity index (χ4n) is 2.51. The summed E-state index contributed by atoms with van der Waals surface area (Å²) < 4.78 is 0. The molecule has 1 aliphatic rings. The highest BCUT2D eigenvalue weighted by atomic mass is 14.1. The summed E-state index contributed by atoms with van der Waals surface area (Å²) in [7, 11) is 0. The van der Waals surface area contributed by atoms with Crippen LogP contribution in [0.3, 0.4) is 0 Å². The van der Waals surface area contributed by atoms with Gasteiger partial charge >= 0.3 is 0 Å². The van der Waals surface area contributed by atoms with Gasteiger partial charge in [0.2, 0.25) is 0 Å². The third-order valence-corrected chi connectivity index (χ3v) is 3.44. The SMILES string of the molecule is Cc1cc2c3c(cccc3c1C)C=CC2. The molecule has 15 heavy (non-hydrogen) atoms. The van der Waals surface area contributed by atoms with Crippen molar-refractivity contribution in [2.24, 2.45) is 0 Å². The van der Waals surface area contributed by atoms with E-state index in [9.17, 15) is 0 Å². The lowest BCUT2D eigenvalue weighted by atomic mass is 9.89. The molecular weight excluding hydrogens is 180 g/mol. The minimum Gasteiger partial charge on any atom is -0.0795 e. The van der Waals surface area contributed by atoms with Crippen LogP contribution >= 0.6 is 0 Å². The maximum absolute atomic E-state index is 2.34. The van der Waals surface area contributed by atoms with Crippen LogP contribution in [0.4, 0.5) is 0 Å². The lowest BCUT2D eigenvalue weighted by Gasteiger charge is -2.16. The molecule has 74 valence electrons. The predicted octanol–water partition coefficient (Wildman–Crippen LogP) is 4.03. The number of benzene rings is 2. The second-order valence-electron chi connectivity index (χ2n) is 4.35. The average molecular weight is 194 g/mol. The molecule has 2 aromatic rings. The minimum absolute atomic E-state index is 1.08. The predicted molar refractivity (Wildman–Crippen MR) is 66.2 cm³/mol. The van der Waals surface area contributed by atoms with E-state index in [1.165, 1.54) is 33.0 Å². The molecular formula is C15H14. The fourth-order valence-corrected chi connectivity index (χ4v) is 2.51. The van der Waals surface area contributed by atoms with Gasteiger partial charge in [0.05, 0.1) is 0 Å².